The Morgan fingerprint density at radius 3 is 1.92 bits per heavy atom. The van der Waals surface area contributed by atoms with Crippen LogP contribution in [0.15, 0.2) is 84.0 Å². The molecule has 0 saturated heterocycles. The number of nitro groups is 2. The van der Waals surface area contributed by atoms with Crippen molar-refractivity contribution in [3.8, 4) is 0 Å². The lowest BCUT2D eigenvalue weighted by Gasteiger charge is -2.26. The Hall–Kier alpha value is -6.39. The third-order valence-corrected chi connectivity index (χ3v) is 7.33. The largest absolute Gasteiger partial charge is 0.480 e. The highest BCUT2D eigenvalue weighted by atomic mass is 16.6. The van der Waals surface area contributed by atoms with Crippen molar-refractivity contribution in [2.24, 2.45) is 11.0 Å². The molecular formula is C33H38N8O9. The number of non-ortho nitro benzene ring substituents is 1. The maximum absolute atomic E-state index is 13.5. The molecule has 6 N–H and O–H groups in total. The predicted molar refractivity (Wildman–Crippen MR) is 183 cm³/mol. The van der Waals surface area contributed by atoms with Gasteiger partial charge in [-0.05, 0) is 36.5 Å². The standard InChI is InChI=1S/C33H38N8O9/c1-20(2)29(38-30(42)21(3)35-33(46)37-27(32(44)45)17-23-12-8-5-9-13-23)31(43)36-24(16-22-10-6-4-7-11-22)19-34-39-26-15-14-25(40(47)48)18-28(26)41(49)50/h4-15,18-21,24,27,29,39H,16-17H2,1-3H3,(H,36,43)(H,38,42)(H,44,45)(H2,35,37,46)/b34-19+/t21-,24-,27-,29-/m0/s1. The van der Waals surface area contributed by atoms with Crippen molar-refractivity contribution in [2.45, 2.75) is 57.8 Å². The number of hydrogen-bond donors (Lipinski definition) is 6. The molecule has 0 saturated carbocycles. The number of aliphatic carboxylic acids is 1. The first-order valence-corrected chi connectivity index (χ1v) is 15.5. The second-order valence-electron chi connectivity index (χ2n) is 11.6. The molecule has 0 aromatic heterocycles. The number of carbonyl (C=O) groups excluding carboxylic acids is 3. The Morgan fingerprint density at radius 2 is 1.38 bits per heavy atom. The monoisotopic (exact) mass is 690 g/mol. The first-order chi connectivity index (χ1) is 23.7. The van der Waals surface area contributed by atoms with E-state index in [0.29, 0.717) is 5.56 Å². The zero-order chi connectivity index (χ0) is 36.8. The van der Waals surface area contributed by atoms with Crippen LogP contribution in [0.25, 0.3) is 0 Å². The molecule has 0 heterocycles. The van der Waals surface area contributed by atoms with Crippen LogP contribution in [0, 0.1) is 26.1 Å². The predicted octanol–water partition coefficient (Wildman–Crippen LogP) is 3.15. The van der Waals surface area contributed by atoms with Crippen LogP contribution in [0.4, 0.5) is 21.9 Å². The number of carboxylic acids is 1. The molecule has 17 nitrogen and oxygen atoms in total. The average molecular weight is 691 g/mol. The summed E-state index contributed by atoms with van der Waals surface area (Å²) in [4.78, 5) is 72.0. The third-order valence-electron chi connectivity index (χ3n) is 7.33. The van der Waals surface area contributed by atoms with E-state index in [-0.39, 0.29) is 18.5 Å². The van der Waals surface area contributed by atoms with Crippen molar-refractivity contribution >= 4 is 47.1 Å². The van der Waals surface area contributed by atoms with E-state index in [1.54, 1.807) is 56.3 Å². The SMILES string of the molecule is CC(C)[C@H](NC(=O)[C@H](C)NC(=O)N[C@@H](Cc1ccccc1)C(=O)O)C(=O)N[C@H](/C=N/Nc1ccc([N+](=O)[O-])cc1[N+](=O)[O-])Cc1ccccc1. The van der Waals surface area contributed by atoms with Crippen LogP contribution in [0.1, 0.15) is 31.9 Å². The maximum atomic E-state index is 13.5. The lowest BCUT2D eigenvalue weighted by molar-refractivity contribution is -0.393. The van der Waals surface area contributed by atoms with Crippen molar-refractivity contribution in [1.29, 1.82) is 0 Å². The lowest BCUT2D eigenvalue weighted by Crippen LogP contribution is -2.58. The number of nitrogens with zero attached hydrogens (tertiary/aromatic N) is 3. The van der Waals surface area contributed by atoms with Crippen LogP contribution in [0.2, 0.25) is 0 Å². The van der Waals surface area contributed by atoms with Crippen molar-refractivity contribution in [2.75, 3.05) is 5.43 Å². The number of nitrogens with one attached hydrogen (secondary N) is 5. The number of nitro benzene ring substituents is 2. The molecular weight excluding hydrogens is 652 g/mol. The highest BCUT2D eigenvalue weighted by molar-refractivity contribution is 5.93. The van der Waals surface area contributed by atoms with Gasteiger partial charge in [-0.2, -0.15) is 5.10 Å². The number of anilines is 1. The fraction of sp³-hybridized carbons (Fsp3) is 0.303. The molecule has 264 valence electrons. The molecule has 0 aliphatic carbocycles. The summed E-state index contributed by atoms with van der Waals surface area (Å²) < 4.78 is 0. The molecule has 0 aliphatic heterocycles. The molecule has 0 bridgehead atoms. The van der Waals surface area contributed by atoms with Crippen molar-refractivity contribution in [3.05, 3.63) is 110 Å². The normalized spacial score (nSPS) is 13.4. The topological polar surface area (TPSA) is 247 Å². The Kier molecular flexibility index (Phi) is 13.9. The van der Waals surface area contributed by atoms with E-state index in [2.05, 4.69) is 31.8 Å². The second kappa shape index (κ2) is 18.2. The summed E-state index contributed by atoms with van der Waals surface area (Å²) in [6, 6.07) is 15.6. The van der Waals surface area contributed by atoms with Gasteiger partial charge in [0.2, 0.25) is 11.8 Å². The van der Waals surface area contributed by atoms with E-state index in [9.17, 15) is 44.5 Å². The van der Waals surface area contributed by atoms with Gasteiger partial charge in [-0.25, -0.2) is 9.59 Å². The molecule has 0 fully saturated rings. The van der Waals surface area contributed by atoms with Gasteiger partial charge in [0.1, 0.15) is 23.8 Å². The molecule has 50 heavy (non-hydrogen) atoms. The highest BCUT2D eigenvalue weighted by Crippen LogP contribution is 2.28. The molecule has 3 rings (SSSR count). The van der Waals surface area contributed by atoms with Gasteiger partial charge in [0.15, 0.2) is 0 Å². The smallest absolute Gasteiger partial charge is 0.326 e. The summed E-state index contributed by atoms with van der Waals surface area (Å²) in [5, 5.41) is 46.4. The van der Waals surface area contributed by atoms with Crippen LogP contribution in [0.3, 0.4) is 0 Å². The molecule has 0 radical (unpaired) electrons. The number of carbonyl (C=O) groups is 4. The summed E-state index contributed by atoms with van der Waals surface area (Å²) >= 11 is 0. The fourth-order valence-electron chi connectivity index (χ4n) is 4.68. The molecule has 4 atom stereocenters. The van der Waals surface area contributed by atoms with Crippen LogP contribution in [0.5, 0.6) is 0 Å². The minimum Gasteiger partial charge on any atom is -0.480 e. The Bertz CT molecular complexity index is 1700. The van der Waals surface area contributed by atoms with Gasteiger partial charge in [-0.15, -0.1) is 0 Å². The van der Waals surface area contributed by atoms with E-state index in [4.69, 9.17) is 0 Å². The Labute approximate surface area is 286 Å². The molecule has 0 spiro atoms. The van der Waals surface area contributed by atoms with Crippen molar-refractivity contribution < 1.29 is 34.1 Å². The highest BCUT2D eigenvalue weighted by Gasteiger charge is 2.29. The first kappa shape index (κ1) is 38.1. The van der Waals surface area contributed by atoms with E-state index in [0.717, 1.165) is 23.8 Å². The Morgan fingerprint density at radius 1 is 0.780 bits per heavy atom. The number of hydrazone groups is 1. The number of urea groups is 1. The maximum Gasteiger partial charge on any atom is 0.326 e. The number of carboxylic acid groups (broad SMARTS) is 1. The first-order valence-electron chi connectivity index (χ1n) is 15.5. The molecule has 0 unspecified atom stereocenters. The molecule has 3 aromatic carbocycles. The third kappa shape index (κ3) is 11.7. The average Bonchev–Trinajstić information content (AvgIpc) is 3.07. The van der Waals surface area contributed by atoms with E-state index >= 15 is 0 Å². The summed E-state index contributed by atoms with van der Waals surface area (Å²) in [5.74, 6) is -2.97. The van der Waals surface area contributed by atoms with E-state index < -0.39 is 75.1 Å². The van der Waals surface area contributed by atoms with Crippen LogP contribution >= 0.6 is 0 Å². The van der Waals surface area contributed by atoms with E-state index in [1.165, 1.54) is 13.1 Å². The minimum absolute atomic E-state index is 0.0213. The fourth-order valence-corrected chi connectivity index (χ4v) is 4.68. The number of hydrogen-bond acceptors (Lipinski definition) is 10. The molecule has 3 aromatic rings. The summed E-state index contributed by atoms with van der Waals surface area (Å²) in [5.41, 5.74) is 2.84. The van der Waals surface area contributed by atoms with Gasteiger partial charge in [0.05, 0.1) is 22.0 Å². The number of rotatable bonds is 17. The van der Waals surface area contributed by atoms with Gasteiger partial charge in [-0.3, -0.25) is 35.2 Å². The molecule has 0 aliphatic rings. The lowest BCUT2D eigenvalue weighted by atomic mass is 10.0. The molecule has 17 heteroatoms. The van der Waals surface area contributed by atoms with Crippen LogP contribution in [-0.4, -0.2) is 69.1 Å². The zero-order valence-corrected chi connectivity index (χ0v) is 27.4. The second-order valence-corrected chi connectivity index (χ2v) is 11.6. The van der Waals surface area contributed by atoms with Gasteiger partial charge in [0.25, 0.3) is 5.69 Å². The summed E-state index contributed by atoms with van der Waals surface area (Å²) in [6.07, 6.45) is 1.57. The summed E-state index contributed by atoms with van der Waals surface area (Å²) in [6.45, 7) is 4.78. The molecule has 4 amide bonds. The van der Waals surface area contributed by atoms with Gasteiger partial charge in [0, 0.05) is 18.7 Å². The number of amides is 4. The summed E-state index contributed by atoms with van der Waals surface area (Å²) in [7, 11) is 0. The van der Waals surface area contributed by atoms with E-state index in [1.807, 2.05) is 18.2 Å². The van der Waals surface area contributed by atoms with Gasteiger partial charge in [-0.1, -0.05) is 74.5 Å². The number of benzene rings is 3. The van der Waals surface area contributed by atoms with Crippen molar-refractivity contribution in [1.82, 2.24) is 21.3 Å². The minimum atomic E-state index is -1.26. The van der Waals surface area contributed by atoms with Crippen LogP contribution in [-0.2, 0) is 27.2 Å². The quantitative estimate of drug-likeness (QED) is 0.0686. The zero-order valence-electron chi connectivity index (χ0n) is 27.4. The van der Waals surface area contributed by atoms with Crippen LogP contribution < -0.4 is 26.7 Å². The van der Waals surface area contributed by atoms with Gasteiger partial charge < -0.3 is 26.4 Å². The van der Waals surface area contributed by atoms with Crippen molar-refractivity contribution in [3.63, 3.8) is 0 Å². The Balaban J connectivity index is 1.69. The van der Waals surface area contributed by atoms with Gasteiger partial charge >= 0.3 is 17.7 Å².